The summed E-state index contributed by atoms with van der Waals surface area (Å²) in [6.45, 7) is 3.70. The molecule has 1 saturated heterocycles. The molecule has 0 radical (unpaired) electrons. The first-order valence-corrected chi connectivity index (χ1v) is 11.8. The molecule has 1 N–H and O–H groups in total. The summed E-state index contributed by atoms with van der Waals surface area (Å²) in [5.74, 6) is 0.0452. The van der Waals surface area contributed by atoms with Gasteiger partial charge in [0.25, 0.3) is 0 Å². The molecular formula is C24H27FN4O2S. The Morgan fingerprint density at radius 3 is 2.75 bits per heavy atom. The first-order chi connectivity index (χ1) is 15.6. The quantitative estimate of drug-likeness (QED) is 0.493. The minimum atomic E-state index is -0.371. The van der Waals surface area contributed by atoms with Gasteiger partial charge in [-0.25, -0.2) is 4.39 Å². The summed E-state index contributed by atoms with van der Waals surface area (Å²) in [7, 11) is 0. The van der Waals surface area contributed by atoms with Crippen LogP contribution in [0.5, 0.6) is 0 Å². The molecule has 1 aliphatic rings. The monoisotopic (exact) mass is 454 g/mol. The average Bonchev–Trinajstić information content (AvgIpc) is 3.47. The van der Waals surface area contributed by atoms with Crippen LogP contribution in [0.3, 0.4) is 0 Å². The van der Waals surface area contributed by atoms with Crippen LogP contribution in [0.1, 0.15) is 25.3 Å². The normalized spacial score (nSPS) is 16.8. The molecule has 168 valence electrons. The van der Waals surface area contributed by atoms with Crippen LogP contribution in [0.15, 0.2) is 59.8 Å². The molecule has 6 nitrogen and oxygen atoms in total. The number of halogens is 1. The average molecular weight is 455 g/mol. The highest BCUT2D eigenvalue weighted by Crippen LogP contribution is 2.28. The standard InChI is InChI=1S/C24H27FN4O2S/c1-17(23(30)26-16-19-10-7-15-31-19)32-24-28-27-22(20-11-5-6-12-21(20)25)29(24)14-13-18-8-3-2-4-9-18/h2-6,8-9,11-12,17,19H,7,10,13-16H2,1H3,(H,26,30)/t17-,19+/m0/s1. The highest BCUT2D eigenvalue weighted by molar-refractivity contribution is 8.00. The lowest BCUT2D eigenvalue weighted by molar-refractivity contribution is -0.120. The van der Waals surface area contributed by atoms with Gasteiger partial charge < -0.3 is 14.6 Å². The number of hydrogen-bond donors (Lipinski definition) is 1. The zero-order chi connectivity index (χ0) is 22.3. The van der Waals surface area contributed by atoms with Crippen LogP contribution in [0, 0.1) is 5.82 Å². The van der Waals surface area contributed by atoms with Crippen LogP contribution < -0.4 is 5.32 Å². The van der Waals surface area contributed by atoms with Crippen molar-refractivity contribution in [3.8, 4) is 11.4 Å². The second-order valence-corrected chi connectivity index (χ2v) is 9.12. The predicted octanol–water partition coefficient (Wildman–Crippen LogP) is 4.10. The maximum absolute atomic E-state index is 14.5. The van der Waals surface area contributed by atoms with Crippen LogP contribution in [-0.4, -0.2) is 45.2 Å². The number of rotatable bonds is 9. The summed E-state index contributed by atoms with van der Waals surface area (Å²) in [5.41, 5.74) is 1.56. The number of aryl methyl sites for hydroxylation is 1. The number of carbonyl (C=O) groups is 1. The molecule has 0 unspecified atom stereocenters. The molecule has 1 fully saturated rings. The van der Waals surface area contributed by atoms with E-state index in [4.69, 9.17) is 4.74 Å². The molecule has 2 heterocycles. The maximum atomic E-state index is 14.5. The lowest BCUT2D eigenvalue weighted by Crippen LogP contribution is -2.36. The van der Waals surface area contributed by atoms with E-state index in [0.29, 0.717) is 29.6 Å². The Hall–Kier alpha value is -2.71. The molecule has 1 aliphatic heterocycles. The van der Waals surface area contributed by atoms with Gasteiger partial charge in [0.05, 0.1) is 16.9 Å². The largest absolute Gasteiger partial charge is 0.376 e. The Balaban J connectivity index is 1.51. The summed E-state index contributed by atoms with van der Waals surface area (Å²) in [5, 5.41) is 11.8. The Morgan fingerprint density at radius 2 is 2.00 bits per heavy atom. The number of ether oxygens (including phenoxy) is 1. The first kappa shape index (κ1) is 22.5. The summed E-state index contributed by atoms with van der Waals surface area (Å²) in [4.78, 5) is 12.6. The fourth-order valence-corrected chi connectivity index (χ4v) is 4.58. The Labute approximate surface area is 191 Å². The third kappa shape index (κ3) is 5.55. The van der Waals surface area contributed by atoms with Crippen molar-refractivity contribution in [2.75, 3.05) is 13.2 Å². The second kappa shape index (κ2) is 10.7. The van der Waals surface area contributed by atoms with Gasteiger partial charge in [-0.1, -0.05) is 54.2 Å². The zero-order valence-electron chi connectivity index (χ0n) is 18.0. The topological polar surface area (TPSA) is 69.0 Å². The number of aromatic nitrogens is 3. The summed E-state index contributed by atoms with van der Waals surface area (Å²) < 4.78 is 22.0. The van der Waals surface area contributed by atoms with Crippen molar-refractivity contribution >= 4 is 17.7 Å². The maximum Gasteiger partial charge on any atom is 0.233 e. The number of amides is 1. The van der Waals surface area contributed by atoms with E-state index >= 15 is 0 Å². The fourth-order valence-electron chi connectivity index (χ4n) is 3.68. The molecule has 32 heavy (non-hydrogen) atoms. The van der Waals surface area contributed by atoms with Gasteiger partial charge in [-0.15, -0.1) is 10.2 Å². The van der Waals surface area contributed by atoms with Crippen LogP contribution in [0.4, 0.5) is 4.39 Å². The van der Waals surface area contributed by atoms with E-state index in [-0.39, 0.29) is 23.1 Å². The van der Waals surface area contributed by atoms with Gasteiger partial charge >= 0.3 is 0 Å². The fraction of sp³-hybridized carbons (Fsp3) is 0.375. The lowest BCUT2D eigenvalue weighted by Gasteiger charge is -2.15. The van der Waals surface area contributed by atoms with Crippen molar-refractivity contribution in [3.63, 3.8) is 0 Å². The van der Waals surface area contributed by atoms with Gasteiger partial charge in [0.1, 0.15) is 5.82 Å². The van der Waals surface area contributed by atoms with E-state index in [0.717, 1.165) is 25.9 Å². The van der Waals surface area contributed by atoms with E-state index in [9.17, 15) is 9.18 Å². The first-order valence-electron chi connectivity index (χ1n) is 10.9. The van der Waals surface area contributed by atoms with Gasteiger partial charge in [0, 0.05) is 19.7 Å². The van der Waals surface area contributed by atoms with E-state index in [1.807, 2.05) is 29.7 Å². The van der Waals surface area contributed by atoms with Crippen LogP contribution >= 0.6 is 11.8 Å². The van der Waals surface area contributed by atoms with Crippen LogP contribution in [-0.2, 0) is 22.5 Å². The second-order valence-electron chi connectivity index (χ2n) is 7.81. The molecule has 1 amide bonds. The molecule has 0 bridgehead atoms. The van der Waals surface area contributed by atoms with Gasteiger partial charge in [-0.3, -0.25) is 4.79 Å². The molecular weight excluding hydrogens is 427 g/mol. The van der Waals surface area contributed by atoms with Crippen molar-refractivity contribution in [2.45, 2.75) is 49.2 Å². The van der Waals surface area contributed by atoms with Crippen molar-refractivity contribution < 1.29 is 13.9 Å². The summed E-state index contributed by atoms with van der Waals surface area (Å²) in [6, 6.07) is 16.6. The van der Waals surface area contributed by atoms with E-state index in [1.54, 1.807) is 18.2 Å². The number of benzene rings is 2. The van der Waals surface area contributed by atoms with E-state index in [1.165, 1.54) is 23.4 Å². The third-order valence-corrected chi connectivity index (χ3v) is 6.56. The van der Waals surface area contributed by atoms with Gasteiger partial charge in [0.2, 0.25) is 5.91 Å². The van der Waals surface area contributed by atoms with Crippen molar-refractivity contribution in [3.05, 3.63) is 66.0 Å². The number of nitrogens with zero attached hydrogens (tertiary/aromatic N) is 3. The number of thioether (sulfide) groups is 1. The van der Waals surface area contributed by atoms with Crippen molar-refractivity contribution in [2.24, 2.45) is 0 Å². The lowest BCUT2D eigenvalue weighted by atomic mass is 10.1. The van der Waals surface area contributed by atoms with E-state index < -0.39 is 0 Å². The zero-order valence-corrected chi connectivity index (χ0v) is 18.9. The molecule has 3 aromatic rings. The van der Waals surface area contributed by atoms with Crippen molar-refractivity contribution in [1.29, 1.82) is 0 Å². The number of carbonyl (C=O) groups excluding carboxylic acids is 1. The third-order valence-electron chi connectivity index (χ3n) is 5.48. The molecule has 8 heteroatoms. The molecule has 1 aromatic heterocycles. The highest BCUT2D eigenvalue weighted by atomic mass is 32.2. The Morgan fingerprint density at radius 1 is 1.22 bits per heavy atom. The smallest absolute Gasteiger partial charge is 0.233 e. The summed E-state index contributed by atoms with van der Waals surface area (Å²) in [6.07, 6.45) is 2.85. The molecule has 0 saturated carbocycles. The van der Waals surface area contributed by atoms with Gasteiger partial charge in [0.15, 0.2) is 11.0 Å². The van der Waals surface area contributed by atoms with Crippen molar-refractivity contribution in [1.82, 2.24) is 20.1 Å². The highest BCUT2D eigenvalue weighted by Gasteiger charge is 2.23. The molecule has 2 aromatic carbocycles. The van der Waals surface area contributed by atoms with Gasteiger partial charge in [-0.05, 0) is 43.9 Å². The van der Waals surface area contributed by atoms with Crippen LogP contribution in [0.25, 0.3) is 11.4 Å². The SMILES string of the molecule is C[C@H](Sc1nnc(-c2ccccc2F)n1CCc1ccccc1)C(=O)NC[C@H]1CCCO1. The molecule has 2 atom stereocenters. The molecule has 4 rings (SSSR count). The van der Waals surface area contributed by atoms with E-state index in [2.05, 4.69) is 27.6 Å². The Kier molecular flexibility index (Phi) is 7.55. The summed E-state index contributed by atoms with van der Waals surface area (Å²) >= 11 is 1.33. The van der Waals surface area contributed by atoms with Crippen LogP contribution in [0.2, 0.25) is 0 Å². The van der Waals surface area contributed by atoms with Gasteiger partial charge in [-0.2, -0.15) is 0 Å². The minimum absolute atomic E-state index is 0.0736. The molecule has 0 spiro atoms. The predicted molar refractivity (Wildman–Crippen MR) is 123 cm³/mol. The minimum Gasteiger partial charge on any atom is -0.376 e. The Bertz CT molecular complexity index is 1040. The molecule has 0 aliphatic carbocycles. The number of hydrogen-bond acceptors (Lipinski definition) is 5. The number of nitrogens with one attached hydrogen (secondary N) is 1.